The van der Waals surface area contributed by atoms with Crippen molar-refractivity contribution < 1.29 is 14.4 Å². The molecule has 0 bridgehead atoms. The van der Waals surface area contributed by atoms with Crippen molar-refractivity contribution in [3.8, 4) is 0 Å². The van der Waals surface area contributed by atoms with E-state index in [1.54, 1.807) is 12.1 Å². The Morgan fingerprint density at radius 2 is 1.73 bits per heavy atom. The first-order chi connectivity index (χ1) is 12.5. The molecule has 0 aromatic heterocycles. The summed E-state index contributed by atoms with van der Waals surface area (Å²) < 4.78 is 0. The van der Waals surface area contributed by atoms with E-state index >= 15 is 0 Å². The molecule has 3 amide bonds. The van der Waals surface area contributed by atoms with Gasteiger partial charge in [-0.25, -0.2) is 0 Å². The molecular weight excluding hydrogens is 328 g/mol. The van der Waals surface area contributed by atoms with Crippen molar-refractivity contribution in [3.63, 3.8) is 0 Å². The summed E-state index contributed by atoms with van der Waals surface area (Å²) in [6.45, 7) is 4.07. The highest BCUT2D eigenvalue weighted by Gasteiger charge is 2.34. The van der Waals surface area contributed by atoms with Crippen molar-refractivity contribution >= 4 is 17.7 Å². The Kier molecular flexibility index (Phi) is 5.16. The molecule has 1 heterocycles. The molecule has 1 aliphatic heterocycles. The highest BCUT2D eigenvalue weighted by Crippen LogP contribution is 2.24. The lowest BCUT2D eigenvalue weighted by Crippen LogP contribution is -2.32. The van der Waals surface area contributed by atoms with Gasteiger partial charge in [0.15, 0.2) is 0 Å². The minimum atomic E-state index is -0.275. The van der Waals surface area contributed by atoms with Gasteiger partial charge >= 0.3 is 0 Å². The highest BCUT2D eigenvalue weighted by atomic mass is 16.2. The minimum Gasteiger partial charge on any atom is -0.350 e. The molecule has 0 fully saturated rings. The largest absolute Gasteiger partial charge is 0.350 e. The van der Waals surface area contributed by atoms with Crippen LogP contribution in [0.25, 0.3) is 0 Å². The standard InChI is InChI=1S/C21H22N2O3/c1-14-10-11-17-18(13-14)21(26)23(20(17)25)12-6-9-19(24)22-15(2)16-7-4-3-5-8-16/h3-5,7-8,10-11,13,15H,6,9,12H2,1-2H3,(H,22,24)/t15-/m0/s1. The van der Waals surface area contributed by atoms with Crippen molar-refractivity contribution in [2.45, 2.75) is 32.7 Å². The van der Waals surface area contributed by atoms with E-state index in [0.717, 1.165) is 11.1 Å². The Labute approximate surface area is 153 Å². The molecule has 2 aromatic rings. The fourth-order valence-electron chi connectivity index (χ4n) is 3.14. The molecule has 0 spiro atoms. The van der Waals surface area contributed by atoms with Gasteiger partial charge < -0.3 is 5.32 Å². The van der Waals surface area contributed by atoms with Gasteiger partial charge in [-0.3, -0.25) is 19.3 Å². The number of benzene rings is 2. The van der Waals surface area contributed by atoms with Crippen molar-refractivity contribution in [1.29, 1.82) is 0 Å². The van der Waals surface area contributed by atoms with Gasteiger partial charge in [0.1, 0.15) is 0 Å². The van der Waals surface area contributed by atoms with E-state index in [1.807, 2.05) is 50.2 Å². The molecule has 0 unspecified atom stereocenters. The second-order valence-electron chi connectivity index (χ2n) is 6.61. The monoisotopic (exact) mass is 350 g/mol. The van der Waals surface area contributed by atoms with E-state index in [9.17, 15) is 14.4 Å². The topological polar surface area (TPSA) is 66.5 Å². The number of rotatable bonds is 6. The van der Waals surface area contributed by atoms with Crippen molar-refractivity contribution in [2.75, 3.05) is 6.54 Å². The summed E-state index contributed by atoms with van der Waals surface area (Å²) in [5, 5.41) is 2.94. The quantitative estimate of drug-likeness (QED) is 0.813. The summed E-state index contributed by atoms with van der Waals surface area (Å²) in [5.41, 5.74) is 2.89. The molecule has 134 valence electrons. The fraction of sp³-hybridized carbons (Fsp3) is 0.286. The molecule has 5 heteroatoms. The minimum absolute atomic E-state index is 0.0778. The average molecular weight is 350 g/mol. The third-order valence-corrected chi connectivity index (χ3v) is 4.59. The maximum absolute atomic E-state index is 12.4. The zero-order valence-electron chi connectivity index (χ0n) is 15.0. The van der Waals surface area contributed by atoms with Crippen molar-refractivity contribution in [1.82, 2.24) is 10.2 Å². The second kappa shape index (κ2) is 7.52. The molecule has 1 atom stereocenters. The van der Waals surface area contributed by atoms with Crippen LogP contribution in [0.15, 0.2) is 48.5 Å². The van der Waals surface area contributed by atoms with Gasteiger partial charge in [0.25, 0.3) is 11.8 Å². The molecule has 0 saturated heterocycles. The summed E-state index contributed by atoms with van der Waals surface area (Å²) in [7, 11) is 0. The maximum Gasteiger partial charge on any atom is 0.261 e. The van der Waals surface area contributed by atoms with Crippen LogP contribution in [-0.2, 0) is 4.79 Å². The normalized spacial score (nSPS) is 14.3. The lowest BCUT2D eigenvalue weighted by Gasteiger charge is -2.16. The van der Waals surface area contributed by atoms with Gasteiger partial charge in [0.05, 0.1) is 17.2 Å². The second-order valence-corrected chi connectivity index (χ2v) is 6.61. The third kappa shape index (κ3) is 3.67. The number of amides is 3. The predicted octanol–water partition coefficient (Wildman–Crippen LogP) is 3.25. The van der Waals surface area contributed by atoms with Crippen LogP contribution < -0.4 is 5.32 Å². The van der Waals surface area contributed by atoms with Crippen molar-refractivity contribution in [2.24, 2.45) is 0 Å². The number of carbonyl (C=O) groups excluding carboxylic acids is 3. The van der Waals surface area contributed by atoms with Gasteiger partial charge in [-0.15, -0.1) is 0 Å². The first-order valence-electron chi connectivity index (χ1n) is 8.78. The highest BCUT2D eigenvalue weighted by molar-refractivity contribution is 6.21. The van der Waals surface area contributed by atoms with Gasteiger partial charge in [0.2, 0.25) is 5.91 Å². The van der Waals surface area contributed by atoms with Crippen LogP contribution in [0.1, 0.15) is 57.7 Å². The van der Waals surface area contributed by atoms with Gasteiger partial charge in [0, 0.05) is 13.0 Å². The fourth-order valence-corrected chi connectivity index (χ4v) is 3.14. The SMILES string of the molecule is Cc1ccc2c(c1)C(=O)N(CCCC(=O)N[C@@H](C)c1ccccc1)C2=O. The number of imide groups is 1. The Bertz CT molecular complexity index is 846. The molecule has 1 N–H and O–H groups in total. The van der Waals surface area contributed by atoms with Crippen LogP contribution >= 0.6 is 0 Å². The third-order valence-electron chi connectivity index (χ3n) is 4.59. The molecule has 2 aromatic carbocycles. The maximum atomic E-state index is 12.4. The number of aryl methyl sites for hydroxylation is 1. The van der Waals surface area contributed by atoms with Crippen LogP contribution in [0.3, 0.4) is 0 Å². The summed E-state index contributed by atoms with van der Waals surface area (Å²) in [6.07, 6.45) is 0.710. The smallest absolute Gasteiger partial charge is 0.261 e. The number of nitrogens with zero attached hydrogens (tertiary/aromatic N) is 1. The number of nitrogens with one attached hydrogen (secondary N) is 1. The number of carbonyl (C=O) groups is 3. The molecule has 26 heavy (non-hydrogen) atoms. The van der Waals surface area contributed by atoms with E-state index in [1.165, 1.54) is 4.90 Å². The van der Waals surface area contributed by atoms with Crippen LogP contribution in [0.4, 0.5) is 0 Å². The number of hydrogen-bond acceptors (Lipinski definition) is 3. The number of fused-ring (bicyclic) bond motifs is 1. The van der Waals surface area contributed by atoms with Gasteiger partial charge in [-0.2, -0.15) is 0 Å². The summed E-state index contributed by atoms with van der Waals surface area (Å²) in [4.78, 5) is 38.1. The molecule has 0 aliphatic carbocycles. The summed E-state index contributed by atoms with van der Waals surface area (Å²) in [6, 6.07) is 14.9. The van der Waals surface area contributed by atoms with Crippen LogP contribution in [-0.4, -0.2) is 29.2 Å². The Morgan fingerprint density at radius 1 is 1.04 bits per heavy atom. The molecule has 1 aliphatic rings. The van der Waals surface area contributed by atoms with Crippen molar-refractivity contribution in [3.05, 3.63) is 70.8 Å². The molecule has 3 rings (SSSR count). The Balaban J connectivity index is 1.52. The average Bonchev–Trinajstić information content (AvgIpc) is 2.86. The van der Waals surface area contributed by atoms with E-state index < -0.39 is 0 Å². The van der Waals surface area contributed by atoms with E-state index in [-0.39, 0.29) is 36.7 Å². The van der Waals surface area contributed by atoms with E-state index in [0.29, 0.717) is 17.5 Å². The van der Waals surface area contributed by atoms with Crippen LogP contribution in [0.2, 0.25) is 0 Å². The lowest BCUT2D eigenvalue weighted by atomic mass is 10.1. The first-order valence-corrected chi connectivity index (χ1v) is 8.78. The lowest BCUT2D eigenvalue weighted by molar-refractivity contribution is -0.121. The van der Waals surface area contributed by atoms with Crippen LogP contribution in [0, 0.1) is 6.92 Å². The van der Waals surface area contributed by atoms with Gasteiger partial charge in [-0.05, 0) is 38.0 Å². The van der Waals surface area contributed by atoms with E-state index in [4.69, 9.17) is 0 Å². The first kappa shape index (κ1) is 17.9. The summed E-state index contributed by atoms with van der Waals surface area (Å²) >= 11 is 0. The molecule has 5 nitrogen and oxygen atoms in total. The molecule has 0 saturated carbocycles. The Morgan fingerprint density at radius 3 is 2.46 bits per heavy atom. The Hall–Kier alpha value is -2.95. The number of hydrogen-bond donors (Lipinski definition) is 1. The summed E-state index contributed by atoms with van der Waals surface area (Å²) in [5.74, 6) is -0.636. The molecular formula is C21H22N2O3. The predicted molar refractivity (Wildman–Crippen MR) is 98.8 cm³/mol. The van der Waals surface area contributed by atoms with Crippen LogP contribution in [0.5, 0.6) is 0 Å². The zero-order chi connectivity index (χ0) is 18.7. The van der Waals surface area contributed by atoms with E-state index in [2.05, 4.69) is 5.32 Å². The zero-order valence-corrected chi connectivity index (χ0v) is 15.0. The molecule has 0 radical (unpaired) electrons. The van der Waals surface area contributed by atoms with Gasteiger partial charge in [-0.1, -0.05) is 42.0 Å².